The maximum atomic E-state index is 11.0. The molecule has 1 unspecified atom stereocenters. The Morgan fingerprint density at radius 3 is 3.05 bits per heavy atom. The normalized spacial score (nSPS) is 18.1. The summed E-state index contributed by atoms with van der Waals surface area (Å²) in [6.45, 7) is 3.11. The molecule has 98 valence electrons. The van der Waals surface area contributed by atoms with Crippen LogP contribution in [0.4, 0.5) is 0 Å². The van der Waals surface area contributed by atoms with E-state index < -0.39 is 5.97 Å². The molecule has 0 saturated heterocycles. The Morgan fingerprint density at radius 1 is 1.42 bits per heavy atom. The minimum Gasteiger partial charge on any atom is -0.478 e. The average Bonchev–Trinajstić information content (AvgIpc) is 2.81. The number of benzene rings is 1. The molecule has 19 heavy (non-hydrogen) atoms. The fraction of sp³-hybridized carbons (Fsp3) is 0.357. The van der Waals surface area contributed by atoms with E-state index in [0.717, 1.165) is 36.6 Å². The molecule has 0 bridgehead atoms. The maximum absolute atomic E-state index is 11.0. The van der Waals surface area contributed by atoms with E-state index in [2.05, 4.69) is 21.7 Å². The Balaban J connectivity index is 2.03. The van der Waals surface area contributed by atoms with Crippen molar-refractivity contribution in [3.8, 4) is 11.4 Å². The molecule has 3 rings (SSSR count). The van der Waals surface area contributed by atoms with Crippen LogP contribution in [0.15, 0.2) is 24.3 Å². The van der Waals surface area contributed by atoms with Crippen molar-refractivity contribution < 1.29 is 9.90 Å². The lowest BCUT2D eigenvalue weighted by Gasteiger charge is -2.20. The summed E-state index contributed by atoms with van der Waals surface area (Å²) in [5.41, 5.74) is 1.09. The zero-order valence-corrected chi connectivity index (χ0v) is 10.7. The van der Waals surface area contributed by atoms with E-state index >= 15 is 0 Å². The van der Waals surface area contributed by atoms with Crippen LogP contribution < -0.4 is 0 Å². The van der Waals surface area contributed by atoms with Crippen molar-refractivity contribution in [2.75, 3.05) is 0 Å². The molecule has 0 spiro atoms. The molecule has 2 heterocycles. The van der Waals surface area contributed by atoms with Gasteiger partial charge in [0.05, 0.1) is 5.56 Å². The molecule has 1 N–H and O–H groups in total. The molecule has 1 aromatic heterocycles. The van der Waals surface area contributed by atoms with Gasteiger partial charge in [-0.05, 0) is 24.5 Å². The minimum absolute atomic E-state index is 0.277. The second-order valence-corrected chi connectivity index (χ2v) is 5.08. The fourth-order valence-electron chi connectivity index (χ4n) is 2.49. The van der Waals surface area contributed by atoms with Gasteiger partial charge >= 0.3 is 5.97 Å². The monoisotopic (exact) mass is 257 g/mol. The number of carbonyl (C=O) groups is 1. The van der Waals surface area contributed by atoms with Crippen molar-refractivity contribution in [3.63, 3.8) is 0 Å². The molecular formula is C14H15N3O2. The molecular weight excluding hydrogens is 242 g/mol. The van der Waals surface area contributed by atoms with Gasteiger partial charge in [-0.3, -0.25) is 0 Å². The van der Waals surface area contributed by atoms with Gasteiger partial charge in [0.1, 0.15) is 5.82 Å². The highest BCUT2D eigenvalue weighted by Crippen LogP contribution is 2.25. The van der Waals surface area contributed by atoms with Gasteiger partial charge in [0.25, 0.3) is 0 Å². The zero-order chi connectivity index (χ0) is 13.4. The van der Waals surface area contributed by atoms with E-state index in [1.807, 2.05) is 6.07 Å². The molecule has 1 aromatic carbocycles. The van der Waals surface area contributed by atoms with Crippen LogP contribution in [0.5, 0.6) is 0 Å². The third-order valence-corrected chi connectivity index (χ3v) is 3.57. The van der Waals surface area contributed by atoms with Gasteiger partial charge in [-0.2, -0.15) is 0 Å². The van der Waals surface area contributed by atoms with Crippen LogP contribution in [0.1, 0.15) is 29.5 Å². The van der Waals surface area contributed by atoms with Gasteiger partial charge in [0.15, 0.2) is 5.82 Å². The quantitative estimate of drug-likeness (QED) is 0.895. The van der Waals surface area contributed by atoms with Gasteiger partial charge in [-0.25, -0.2) is 4.79 Å². The molecule has 2 aromatic rings. The maximum Gasteiger partial charge on any atom is 0.335 e. The van der Waals surface area contributed by atoms with E-state index in [4.69, 9.17) is 5.11 Å². The topological polar surface area (TPSA) is 68.0 Å². The summed E-state index contributed by atoms with van der Waals surface area (Å²) in [6.07, 6.45) is 2.04. The lowest BCUT2D eigenvalue weighted by molar-refractivity contribution is 0.0697. The lowest BCUT2D eigenvalue weighted by Crippen LogP contribution is -2.18. The summed E-state index contributed by atoms with van der Waals surface area (Å²) in [6, 6.07) is 6.85. The van der Waals surface area contributed by atoms with E-state index in [1.165, 1.54) is 0 Å². The van der Waals surface area contributed by atoms with Crippen molar-refractivity contribution in [3.05, 3.63) is 35.7 Å². The van der Waals surface area contributed by atoms with Crippen LogP contribution in [0, 0.1) is 5.92 Å². The van der Waals surface area contributed by atoms with Gasteiger partial charge in [0, 0.05) is 18.5 Å². The molecule has 0 radical (unpaired) electrons. The number of aromatic carboxylic acids is 1. The van der Waals surface area contributed by atoms with Crippen LogP contribution in [-0.4, -0.2) is 25.8 Å². The van der Waals surface area contributed by atoms with Crippen LogP contribution in [-0.2, 0) is 13.0 Å². The summed E-state index contributed by atoms with van der Waals surface area (Å²) >= 11 is 0. The van der Waals surface area contributed by atoms with Crippen molar-refractivity contribution in [1.82, 2.24) is 14.8 Å². The molecule has 5 heteroatoms. The van der Waals surface area contributed by atoms with Gasteiger partial charge in [0.2, 0.25) is 0 Å². The number of aromatic nitrogens is 3. The van der Waals surface area contributed by atoms with Crippen LogP contribution in [0.25, 0.3) is 11.4 Å². The highest BCUT2D eigenvalue weighted by Gasteiger charge is 2.21. The standard InChI is InChI=1S/C14H15N3O2/c1-9-5-6-17-12(7-9)15-16-13(17)10-3-2-4-11(8-10)14(18)19/h2-4,8-9H,5-7H2,1H3,(H,18,19). The van der Waals surface area contributed by atoms with E-state index in [1.54, 1.807) is 18.2 Å². The summed E-state index contributed by atoms with van der Waals surface area (Å²) in [5, 5.41) is 17.5. The highest BCUT2D eigenvalue weighted by atomic mass is 16.4. The van der Waals surface area contributed by atoms with E-state index in [9.17, 15) is 4.79 Å². The molecule has 0 saturated carbocycles. The third kappa shape index (κ3) is 2.12. The first-order valence-corrected chi connectivity index (χ1v) is 6.41. The van der Waals surface area contributed by atoms with Gasteiger partial charge in [-0.15, -0.1) is 10.2 Å². The van der Waals surface area contributed by atoms with Crippen molar-refractivity contribution >= 4 is 5.97 Å². The smallest absolute Gasteiger partial charge is 0.335 e. The van der Waals surface area contributed by atoms with Crippen molar-refractivity contribution in [1.29, 1.82) is 0 Å². The molecule has 1 aliphatic rings. The predicted molar refractivity (Wildman–Crippen MR) is 69.9 cm³/mol. The average molecular weight is 257 g/mol. The summed E-state index contributed by atoms with van der Waals surface area (Å²) < 4.78 is 2.10. The number of carboxylic acids is 1. The highest BCUT2D eigenvalue weighted by molar-refractivity contribution is 5.89. The first-order chi connectivity index (χ1) is 9.15. The largest absolute Gasteiger partial charge is 0.478 e. The Bertz CT molecular complexity index is 633. The van der Waals surface area contributed by atoms with Crippen molar-refractivity contribution in [2.24, 2.45) is 5.92 Å². The molecule has 0 amide bonds. The minimum atomic E-state index is -0.922. The lowest BCUT2D eigenvalue weighted by atomic mass is 10.00. The Hall–Kier alpha value is -2.17. The van der Waals surface area contributed by atoms with Gasteiger partial charge in [-0.1, -0.05) is 19.1 Å². The van der Waals surface area contributed by atoms with Gasteiger partial charge < -0.3 is 9.67 Å². The number of fused-ring (bicyclic) bond motifs is 1. The van der Waals surface area contributed by atoms with Crippen LogP contribution in [0.3, 0.4) is 0 Å². The molecule has 1 aliphatic heterocycles. The second kappa shape index (κ2) is 4.50. The van der Waals surface area contributed by atoms with Crippen LogP contribution in [0.2, 0.25) is 0 Å². The Morgan fingerprint density at radius 2 is 2.26 bits per heavy atom. The molecule has 0 fully saturated rings. The third-order valence-electron chi connectivity index (χ3n) is 3.57. The predicted octanol–water partition coefficient (Wildman–Crippen LogP) is 2.23. The number of hydrogen-bond acceptors (Lipinski definition) is 3. The van der Waals surface area contributed by atoms with E-state index in [0.29, 0.717) is 5.92 Å². The molecule has 0 aliphatic carbocycles. The first kappa shape index (κ1) is 11.9. The number of rotatable bonds is 2. The SMILES string of the molecule is CC1CCn2c(nnc2-c2cccc(C(=O)O)c2)C1. The summed E-state index contributed by atoms with van der Waals surface area (Å²) in [7, 11) is 0. The zero-order valence-electron chi connectivity index (χ0n) is 10.7. The number of nitrogens with zero attached hydrogens (tertiary/aromatic N) is 3. The Kier molecular flexibility index (Phi) is 2.81. The first-order valence-electron chi connectivity index (χ1n) is 6.41. The summed E-state index contributed by atoms with van der Waals surface area (Å²) in [5.74, 6) is 1.48. The fourth-order valence-corrected chi connectivity index (χ4v) is 2.49. The Labute approximate surface area is 110 Å². The number of hydrogen-bond donors (Lipinski definition) is 1. The van der Waals surface area contributed by atoms with Crippen molar-refractivity contribution in [2.45, 2.75) is 26.3 Å². The molecule has 1 atom stereocenters. The second-order valence-electron chi connectivity index (χ2n) is 5.08. The van der Waals surface area contributed by atoms with Crippen LogP contribution >= 0.6 is 0 Å². The molecule has 5 nitrogen and oxygen atoms in total. The summed E-state index contributed by atoms with van der Waals surface area (Å²) in [4.78, 5) is 11.0. The number of carboxylic acid groups (broad SMARTS) is 1. The van der Waals surface area contributed by atoms with E-state index in [-0.39, 0.29) is 5.56 Å².